The molecule has 116 valence electrons. The van der Waals surface area contributed by atoms with Crippen LogP contribution in [0, 0.1) is 0 Å². The number of hydrogen-bond acceptors (Lipinski definition) is 4. The van der Waals surface area contributed by atoms with Crippen LogP contribution < -0.4 is 10.1 Å². The van der Waals surface area contributed by atoms with Crippen molar-refractivity contribution in [3.8, 4) is 5.75 Å². The van der Waals surface area contributed by atoms with Crippen molar-refractivity contribution in [1.82, 2.24) is 5.32 Å². The number of carboxylic acids is 1. The number of aliphatic carboxylic acids is 1. The fourth-order valence-corrected chi connectivity index (χ4v) is 2.78. The number of methoxy groups -OCH3 is 1. The van der Waals surface area contributed by atoms with Gasteiger partial charge < -0.3 is 19.9 Å². The van der Waals surface area contributed by atoms with Gasteiger partial charge in [-0.25, -0.2) is 0 Å². The van der Waals surface area contributed by atoms with Crippen molar-refractivity contribution in [1.29, 1.82) is 0 Å². The van der Waals surface area contributed by atoms with Crippen molar-refractivity contribution in [2.24, 2.45) is 0 Å². The summed E-state index contributed by atoms with van der Waals surface area (Å²) in [6.45, 7) is 0.701. The van der Waals surface area contributed by atoms with E-state index in [0.717, 1.165) is 18.6 Å². The van der Waals surface area contributed by atoms with E-state index in [-0.39, 0.29) is 6.10 Å². The highest BCUT2D eigenvalue weighted by molar-refractivity contribution is 5.79. The number of carboxylic acid groups (broad SMARTS) is 1. The van der Waals surface area contributed by atoms with Crippen LogP contribution in [0.4, 0.5) is 0 Å². The molecule has 0 amide bonds. The van der Waals surface area contributed by atoms with Gasteiger partial charge in [0.1, 0.15) is 17.4 Å². The summed E-state index contributed by atoms with van der Waals surface area (Å²) in [6.07, 6.45) is 2.65. The Bertz CT molecular complexity index is 474. The lowest BCUT2D eigenvalue weighted by molar-refractivity contribution is -0.144. The normalized spacial score (nSPS) is 25.0. The Morgan fingerprint density at radius 2 is 2.14 bits per heavy atom. The Balaban J connectivity index is 1.92. The third kappa shape index (κ3) is 3.74. The number of nitrogens with one attached hydrogen (secondary N) is 1. The minimum absolute atomic E-state index is 0.0571. The third-order valence-corrected chi connectivity index (χ3v) is 4.18. The van der Waals surface area contributed by atoms with Crippen molar-refractivity contribution in [2.45, 2.75) is 37.3 Å². The molecule has 1 aliphatic carbocycles. The van der Waals surface area contributed by atoms with Gasteiger partial charge in [0.2, 0.25) is 0 Å². The van der Waals surface area contributed by atoms with Gasteiger partial charge in [-0.2, -0.15) is 0 Å². The van der Waals surface area contributed by atoms with Gasteiger partial charge in [-0.15, -0.1) is 0 Å². The number of benzene rings is 1. The standard InChI is InChI=1S/C16H23NO4/c1-17-16(15(18)19)9-7-14(11-16)21-13-5-3-12(4-6-13)8-10-20-2/h3-6,14,17H,7-11H2,1-2H3,(H,18,19). The molecular formula is C16H23NO4. The highest BCUT2D eigenvalue weighted by atomic mass is 16.5. The van der Waals surface area contributed by atoms with E-state index in [1.165, 1.54) is 5.56 Å². The molecule has 0 heterocycles. The molecule has 0 aromatic heterocycles. The molecule has 1 aromatic rings. The van der Waals surface area contributed by atoms with E-state index in [0.29, 0.717) is 19.4 Å². The molecule has 2 unspecified atom stereocenters. The van der Waals surface area contributed by atoms with Crippen molar-refractivity contribution in [3.63, 3.8) is 0 Å². The average Bonchev–Trinajstić information content (AvgIpc) is 2.91. The minimum atomic E-state index is -0.844. The molecule has 0 aliphatic heterocycles. The first-order valence-corrected chi connectivity index (χ1v) is 7.26. The Morgan fingerprint density at radius 1 is 1.43 bits per heavy atom. The Labute approximate surface area is 125 Å². The molecule has 21 heavy (non-hydrogen) atoms. The molecule has 0 bridgehead atoms. The molecule has 1 aliphatic rings. The topological polar surface area (TPSA) is 67.8 Å². The van der Waals surface area contributed by atoms with Crippen LogP contribution in [0.5, 0.6) is 5.75 Å². The number of carbonyl (C=O) groups is 1. The van der Waals surface area contributed by atoms with Crippen LogP contribution in [-0.4, -0.2) is 43.5 Å². The third-order valence-electron chi connectivity index (χ3n) is 4.18. The van der Waals surface area contributed by atoms with Gasteiger partial charge in [0.05, 0.1) is 6.61 Å². The molecule has 0 spiro atoms. The Hall–Kier alpha value is -1.59. The van der Waals surface area contributed by atoms with E-state index in [9.17, 15) is 9.90 Å². The fraction of sp³-hybridized carbons (Fsp3) is 0.562. The fourth-order valence-electron chi connectivity index (χ4n) is 2.78. The molecule has 5 heteroatoms. The molecular weight excluding hydrogens is 270 g/mol. The summed E-state index contributed by atoms with van der Waals surface area (Å²) < 4.78 is 11.0. The first-order chi connectivity index (χ1) is 10.1. The zero-order chi connectivity index (χ0) is 15.3. The van der Waals surface area contributed by atoms with Gasteiger partial charge in [0.25, 0.3) is 0 Å². The average molecular weight is 293 g/mol. The summed E-state index contributed by atoms with van der Waals surface area (Å²) in [5.74, 6) is -0.00975. The molecule has 5 nitrogen and oxygen atoms in total. The zero-order valence-corrected chi connectivity index (χ0v) is 12.6. The van der Waals surface area contributed by atoms with E-state index in [1.54, 1.807) is 14.2 Å². The van der Waals surface area contributed by atoms with Gasteiger partial charge in [-0.1, -0.05) is 12.1 Å². The lowest BCUT2D eigenvalue weighted by atomic mass is 9.98. The molecule has 1 aromatic carbocycles. The van der Waals surface area contributed by atoms with Gasteiger partial charge >= 0.3 is 5.97 Å². The van der Waals surface area contributed by atoms with Crippen LogP contribution in [-0.2, 0) is 16.0 Å². The van der Waals surface area contributed by atoms with Crippen LogP contribution >= 0.6 is 0 Å². The summed E-state index contributed by atoms with van der Waals surface area (Å²) in [6, 6.07) is 7.91. The van der Waals surface area contributed by atoms with Crippen LogP contribution in [0.25, 0.3) is 0 Å². The zero-order valence-electron chi connectivity index (χ0n) is 12.6. The van der Waals surface area contributed by atoms with Gasteiger partial charge in [-0.3, -0.25) is 4.79 Å². The van der Waals surface area contributed by atoms with Crippen molar-refractivity contribution >= 4 is 5.97 Å². The second kappa shape index (κ2) is 6.91. The number of rotatable bonds is 7. The largest absolute Gasteiger partial charge is 0.490 e. The van der Waals surface area contributed by atoms with Gasteiger partial charge in [0.15, 0.2) is 0 Å². The summed E-state index contributed by atoms with van der Waals surface area (Å²) in [5.41, 5.74) is 0.356. The molecule has 2 N–H and O–H groups in total. The highest BCUT2D eigenvalue weighted by Crippen LogP contribution is 2.33. The van der Waals surface area contributed by atoms with Crippen LogP contribution in [0.1, 0.15) is 24.8 Å². The monoisotopic (exact) mass is 293 g/mol. The molecule has 1 fully saturated rings. The van der Waals surface area contributed by atoms with E-state index in [4.69, 9.17) is 9.47 Å². The Morgan fingerprint density at radius 3 is 2.67 bits per heavy atom. The van der Waals surface area contributed by atoms with Crippen molar-refractivity contribution < 1.29 is 19.4 Å². The maximum atomic E-state index is 11.4. The first-order valence-electron chi connectivity index (χ1n) is 7.26. The molecule has 2 rings (SSSR count). The smallest absolute Gasteiger partial charge is 0.324 e. The summed E-state index contributed by atoms with van der Waals surface area (Å²) in [7, 11) is 3.38. The van der Waals surface area contributed by atoms with Crippen LogP contribution in [0.2, 0.25) is 0 Å². The second-order valence-corrected chi connectivity index (χ2v) is 5.51. The number of hydrogen-bond donors (Lipinski definition) is 2. The van der Waals surface area contributed by atoms with E-state index >= 15 is 0 Å². The SMILES string of the molecule is CNC1(C(=O)O)CCC(Oc2ccc(CCOC)cc2)C1. The first kappa shape index (κ1) is 15.8. The predicted molar refractivity (Wildman–Crippen MR) is 79.7 cm³/mol. The maximum absolute atomic E-state index is 11.4. The van der Waals surface area contributed by atoms with Crippen LogP contribution in [0.3, 0.4) is 0 Å². The van der Waals surface area contributed by atoms with E-state index in [1.807, 2.05) is 24.3 Å². The molecule has 1 saturated carbocycles. The van der Waals surface area contributed by atoms with Crippen molar-refractivity contribution in [2.75, 3.05) is 20.8 Å². The lowest BCUT2D eigenvalue weighted by Gasteiger charge is -2.23. The minimum Gasteiger partial charge on any atom is -0.490 e. The quantitative estimate of drug-likeness (QED) is 0.803. The highest BCUT2D eigenvalue weighted by Gasteiger charge is 2.45. The lowest BCUT2D eigenvalue weighted by Crippen LogP contribution is -2.48. The number of ether oxygens (including phenoxy) is 2. The predicted octanol–water partition coefficient (Wildman–Crippen LogP) is 1.85. The van der Waals surface area contributed by atoms with E-state index < -0.39 is 11.5 Å². The summed E-state index contributed by atoms with van der Waals surface area (Å²) >= 11 is 0. The van der Waals surface area contributed by atoms with Crippen molar-refractivity contribution in [3.05, 3.63) is 29.8 Å². The molecule has 2 atom stereocenters. The number of likely N-dealkylation sites (N-methyl/N-ethyl adjacent to an activating group) is 1. The second-order valence-electron chi connectivity index (χ2n) is 5.51. The van der Waals surface area contributed by atoms with Gasteiger partial charge in [0, 0.05) is 13.5 Å². The molecule has 0 radical (unpaired) electrons. The van der Waals surface area contributed by atoms with E-state index in [2.05, 4.69) is 5.32 Å². The van der Waals surface area contributed by atoms with Gasteiger partial charge in [-0.05, 0) is 44.0 Å². The maximum Gasteiger partial charge on any atom is 0.324 e. The Kier molecular flexibility index (Phi) is 5.20. The summed E-state index contributed by atoms with van der Waals surface area (Å²) in [5, 5.41) is 12.3. The summed E-state index contributed by atoms with van der Waals surface area (Å²) in [4.78, 5) is 11.4. The van der Waals surface area contributed by atoms with Crippen LogP contribution in [0.15, 0.2) is 24.3 Å². The molecule has 0 saturated heterocycles.